The van der Waals surface area contributed by atoms with Gasteiger partial charge in [-0.3, -0.25) is 4.98 Å². The van der Waals surface area contributed by atoms with Crippen LogP contribution in [-0.4, -0.2) is 22.3 Å². The zero-order chi connectivity index (χ0) is 11.6. The second-order valence-electron chi connectivity index (χ2n) is 3.68. The van der Waals surface area contributed by atoms with Gasteiger partial charge in [0.05, 0.1) is 18.1 Å². The summed E-state index contributed by atoms with van der Waals surface area (Å²) in [6, 6.07) is 0. The van der Waals surface area contributed by atoms with E-state index in [2.05, 4.69) is 29.1 Å². The molecule has 4 heteroatoms. The molecule has 0 aliphatic carbocycles. The normalized spacial score (nSPS) is 10.4. The summed E-state index contributed by atoms with van der Waals surface area (Å²) in [5.41, 5.74) is 1.07. The van der Waals surface area contributed by atoms with E-state index in [0.717, 1.165) is 23.8 Å². The van der Waals surface area contributed by atoms with Crippen molar-refractivity contribution < 1.29 is 0 Å². The first-order chi connectivity index (χ1) is 7.86. The average Bonchev–Trinajstić information content (AvgIpc) is 2.31. The molecule has 0 saturated carbocycles. The highest BCUT2D eigenvalue weighted by atomic mass is 32.2. The van der Waals surface area contributed by atoms with Gasteiger partial charge in [-0.05, 0) is 19.1 Å². The number of hydrogen-bond donors (Lipinski definition) is 1. The number of rotatable bonds is 8. The molecule has 0 bridgehead atoms. The molecule has 0 fully saturated rings. The molecular formula is C12H21N3S. The number of unbranched alkanes of at least 4 members (excludes halogenated alkanes) is 2. The summed E-state index contributed by atoms with van der Waals surface area (Å²) < 4.78 is 0. The predicted molar refractivity (Wildman–Crippen MR) is 71.9 cm³/mol. The van der Waals surface area contributed by atoms with Crippen molar-refractivity contribution in [3.05, 3.63) is 18.1 Å². The zero-order valence-corrected chi connectivity index (χ0v) is 11.0. The molecule has 0 aromatic carbocycles. The first kappa shape index (κ1) is 13.3. The quantitative estimate of drug-likeness (QED) is 0.706. The van der Waals surface area contributed by atoms with Gasteiger partial charge in [-0.2, -0.15) is 11.8 Å². The van der Waals surface area contributed by atoms with Crippen molar-refractivity contribution in [2.45, 2.75) is 38.9 Å². The van der Waals surface area contributed by atoms with Gasteiger partial charge in [-0.25, -0.2) is 4.98 Å². The molecule has 0 aliphatic heterocycles. The number of thioether (sulfide) groups is 1. The number of hydrogen-bond acceptors (Lipinski definition) is 4. The van der Waals surface area contributed by atoms with Crippen LogP contribution in [0.3, 0.4) is 0 Å². The van der Waals surface area contributed by atoms with Crippen LogP contribution in [0.1, 0.15) is 38.8 Å². The number of nitrogens with zero attached hydrogens (tertiary/aromatic N) is 2. The molecule has 0 amide bonds. The van der Waals surface area contributed by atoms with Gasteiger partial charge in [0.15, 0.2) is 0 Å². The Hall–Kier alpha value is -0.770. The van der Waals surface area contributed by atoms with Crippen molar-refractivity contribution in [2.75, 3.05) is 17.6 Å². The molecule has 16 heavy (non-hydrogen) atoms. The average molecular weight is 239 g/mol. The highest BCUT2D eigenvalue weighted by Crippen LogP contribution is 2.12. The summed E-state index contributed by atoms with van der Waals surface area (Å²) in [5, 5.41) is 3.14. The largest absolute Gasteiger partial charge is 0.369 e. The van der Waals surface area contributed by atoms with Crippen molar-refractivity contribution in [3.63, 3.8) is 0 Å². The zero-order valence-electron chi connectivity index (χ0n) is 10.2. The molecule has 0 spiro atoms. The van der Waals surface area contributed by atoms with Gasteiger partial charge in [0.2, 0.25) is 0 Å². The minimum atomic E-state index is 0.863. The van der Waals surface area contributed by atoms with E-state index in [1.807, 2.05) is 24.2 Å². The molecule has 1 rings (SSSR count). The van der Waals surface area contributed by atoms with E-state index in [0.29, 0.717) is 0 Å². The lowest BCUT2D eigenvalue weighted by Gasteiger charge is -2.03. The Morgan fingerprint density at radius 3 is 2.69 bits per heavy atom. The maximum absolute atomic E-state index is 4.37. The van der Waals surface area contributed by atoms with Crippen LogP contribution in [-0.2, 0) is 5.75 Å². The first-order valence-electron chi connectivity index (χ1n) is 5.99. The second kappa shape index (κ2) is 8.39. The lowest BCUT2D eigenvalue weighted by atomic mass is 10.3. The monoisotopic (exact) mass is 239 g/mol. The Kier molecular flexibility index (Phi) is 6.97. The summed E-state index contributed by atoms with van der Waals surface area (Å²) in [5.74, 6) is 3.07. The maximum Gasteiger partial charge on any atom is 0.144 e. The van der Waals surface area contributed by atoms with Gasteiger partial charge < -0.3 is 5.32 Å². The topological polar surface area (TPSA) is 37.8 Å². The number of anilines is 1. The van der Waals surface area contributed by atoms with Gasteiger partial charge >= 0.3 is 0 Å². The summed E-state index contributed by atoms with van der Waals surface area (Å²) in [6.07, 6.45) is 7.61. The van der Waals surface area contributed by atoms with E-state index in [1.54, 1.807) is 0 Å². The van der Waals surface area contributed by atoms with Crippen LogP contribution in [0.4, 0.5) is 5.82 Å². The molecule has 1 heterocycles. The molecule has 3 nitrogen and oxygen atoms in total. The van der Waals surface area contributed by atoms with Crippen molar-refractivity contribution in [1.82, 2.24) is 9.97 Å². The minimum Gasteiger partial charge on any atom is -0.369 e. The van der Waals surface area contributed by atoms with E-state index < -0.39 is 0 Å². The second-order valence-corrected chi connectivity index (χ2v) is 4.79. The summed E-state index contributed by atoms with van der Waals surface area (Å²) in [4.78, 5) is 8.67. The molecular weight excluding hydrogens is 218 g/mol. The molecule has 1 aromatic rings. The third-order valence-electron chi connectivity index (χ3n) is 2.21. The number of aromatic nitrogens is 2. The lowest BCUT2D eigenvalue weighted by Crippen LogP contribution is -2.00. The van der Waals surface area contributed by atoms with Crippen LogP contribution in [0.15, 0.2) is 12.4 Å². The molecule has 0 saturated heterocycles. The van der Waals surface area contributed by atoms with Gasteiger partial charge in [0, 0.05) is 12.3 Å². The predicted octanol–water partition coefficient (Wildman–Crippen LogP) is 3.33. The van der Waals surface area contributed by atoms with Crippen molar-refractivity contribution in [2.24, 2.45) is 0 Å². The van der Waals surface area contributed by atoms with E-state index >= 15 is 0 Å². The molecule has 0 radical (unpaired) electrons. The molecule has 90 valence electrons. The molecule has 0 atom stereocenters. The molecule has 1 N–H and O–H groups in total. The molecule has 1 aromatic heterocycles. The van der Waals surface area contributed by atoms with Crippen LogP contribution in [0.5, 0.6) is 0 Å². The Labute approximate surface area is 102 Å². The summed E-state index contributed by atoms with van der Waals surface area (Å²) >= 11 is 1.94. The van der Waals surface area contributed by atoms with Crippen molar-refractivity contribution in [1.29, 1.82) is 0 Å². The van der Waals surface area contributed by atoms with E-state index in [9.17, 15) is 0 Å². The third kappa shape index (κ3) is 5.35. The highest BCUT2D eigenvalue weighted by Gasteiger charge is 1.97. The van der Waals surface area contributed by atoms with Gasteiger partial charge in [-0.15, -0.1) is 0 Å². The van der Waals surface area contributed by atoms with Crippen LogP contribution in [0, 0.1) is 0 Å². The van der Waals surface area contributed by atoms with Gasteiger partial charge in [0.25, 0.3) is 0 Å². The smallest absolute Gasteiger partial charge is 0.144 e. The van der Waals surface area contributed by atoms with Crippen molar-refractivity contribution >= 4 is 17.6 Å². The lowest BCUT2D eigenvalue weighted by molar-refractivity contribution is 0.778. The SMILES string of the molecule is CCCCCSCc1cnc(NCC)cn1. The highest BCUT2D eigenvalue weighted by molar-refractivity contribution is 7.98. The fraction of sp³-hybridized carbons (Fsp3) is 0.667. The molecule has 0 aliphatic rings. The Morgan fingerprint density at radius 1 is 1.19 bits per heavy atom. The molecule has 0 unspecified atom stereocenters. The van der Waals surface area contributed by atoms with E-state index in [1.165, 1.54) is 25.0 Å². The standard InChI is InChI=1S/C12H21N3S/c1-3-5-6-7-16-10-11-8-15-12(9-14-11)13-4-2/h8-9H,3-7,10H2,1-2H3,(H,13,15). The fourth-order valence-electron chi connectivity index (χ4n) is 1.33. The number of nitrogens with one attached hydrogen (secondary N) is 1. The fourth-order valence-corrected chi connectivity index (χ4v) is 2.24. The third-order valence-corrected chi connectivity index (χ3v) is 3.28. The van der Waals surface area contributed by atoms with Crippen LogP contribution >= 0.6 is 11.8 Å². The Morgan fingerprint density at radius 2 is 2.06 bits per heavy atom. The Bertz CT molecular complexity index is 274. The van der Waals surface area contributed by atoms with Crippen LogP contribution < -0.4 is 5.32 Å². The van der Waals surface area contributed by atoms with E-state index in [-0.39, 0.29) is 0 Å². The van der Waals surface area contributed by atoms with Crippen molar-refractivity contribution in [3.8, 4) is 0 Å². The van der Waals surface area contributed by atoms with Crippen LogP contribution in [0.2, 0.25) is 0 Å². The first-order valence-corrected chi connectivity index (χ1v) is 7.14. The van der Waals surface area contributed by atoms with Gasteiger partial charge in [0.1, 0.15) is 5.82 Å². The Balaban J connectivity index is 2.21. The minimum absolute atomic E-state index is 0.863. The van der Waals surface area contributed by atoms with Crippen LogP contribution in [0.25, 0.3) is 0 Å². The van der Waals surface area contributed by atoms with E-state index in [4.69, 9.17) is 0 Å². The summed E-state index contributed by atoms with van der Waals surface area (Å²) in [7, 11) is 0. The summed E-state index contributed by atoms with van der Waals surface area (Å²) in [6.45, 7) is 5.18. The maximum atomic E-state index is 4.37. The van der Waals surface area contributed by atoms with Gasteiger partial charge in [-0.1, -0.05) is 19.8 Å².